The maximum atomic E-state index is 12.4. The second-order valence-corrected chi connectivity index (χ2v) is 6.90. The zero-order valence-electron chi connectivity index (χ0n) is 14.7. The SMILES string of the molecule is O=C(Nc1ccccc1)NC1CCN(C(=O)CC2=CCCCC2)CC1. The number of benzene rings is 1. The predicted octanol–water partition coefficient (Wildman–Crippen LogP) is 3.69. The number of allylic oxidation sites excluding steroid dienone is 1. The summed E-state index contributed by atoms with van der Waals surface area (Å²) in [5.41, 5.74) is 2.09. The Bertz CT molecular complexity index is 619. The molecule has 0 saturated carbocycles. The van der Waals surface area contributed by atoms with Gasteiger partial charge in [0.15, 0.2) is 0 Å². The first-order valence-corrected chi connectivity index (χ1v) is 9.29. The van der Waals surface area contributed by atoms with Gasteiger partial charge in [0.1, 0.15) is 0 Å². The van der Waals surface area contributed by atoms with Gasteiger partial charge < -0.3 is 15.5 Å². The summed E-state index contributed by atoms with van der Waals surface area (Å²) in [5, 5.41) is 5.85. The van der Waals surface area contributed by atoms with E-state index in [0.717, 1.165) is 44.5 Å². The van der Waals surface area contributed by atoms with Crippen molar-refractivity contribution >= 4 is 17.6 Å². The van der Waals surface area contributed by atoms with E-state index in [2.05, 4.69) is 16.7 Å². The molecular weight excluding hydrogens is 314 g/mol. The molecule has 0 radical (unpaired) electrons. The van der Waals surface area contributed by atoms with Crippen LogP contribution in [-0.2, 0) is 4.79 Å². The minimum atomic E-state index is -0.177. The number of carbonyl (C=O) groups is 2. The third-order valence-corrected chi connectivity index (χ3v) is 4.98. The van der Waals surface area contributed by atoms with Gasteiger partial charge in [0.25, 0.3) is 0 Å². The van der Waals surface area contributed by atoms with Gasteiger partial charge >= 0.3 is 6.03 Å². The van der Waals surface area contributed by atoms with Gasteiger partial charge in [0, 0.05) is 31.2 Å². The van der Waals surface area contributed by atoms with Gasteiger partial charge in [0.05, 0.1) is 0 Å². The van der Waals surface area contributed by atoms with E-state index >= 15 is 0 Å². The zero-order chi connectivity index (χ0) is 17.5. The number of anilines is 1. The number of hydrogen-bond donors (Lipinski definition) is 2. The highest BCUT2D eigenvalue weighted by molar-refractivity contribution is 5.89. The lowest BCUT2D eigenvalue weighted by atomic mass is 9.96. The third kappa shape index (κ3) is 5.34. The van der Waals surface area contributed by atoms with Crippen LogP contribution in [0.1, 0.15) is 44.9 Å². The second-order valence-electron chi connectivity index (χ2n) is 6.90. The number of hydrogen-bond acceptors (Lipinski definition) is 2. The number of likely N-dealkylation sites (tertiary alicyclic amines) is 1. The largest absolute Gasteiger partial charge is 0.342 e. The number of nitrogens with one attached hydrogen (secondary N) is 2. The lowest BCUT2D eigenvalue weighted by Crippen LogP contribution is -2.47. The molecule has 1 heterocycles. The van der Waals surface area contributed by atoms with Crippen LogP contribution in [0, 0.1) is 0 Å². The van der Waals surface area contributed by atoms with Gasteiger partial charge in [-0.25, -0.2) is 4.79 Å². The highest BCUT2D eigenvalue weighted by atomic mass is 16.2. The number of nitrogens with zero attached hydrogens (tertiary/aromatic N) is 1. The van der Waals surface area contributed by atoms with Crippen molar-refractivity contribution in [2.45, 2.75) is 51.0 Å². The molecule has 1 aliphatic carbocycles. The van der Waals surface area contributed by atoms with Crippen LogP contribution >= 0.6 is 0 Å². The second kappa shape index (κ2) is 8.70. The fraction of sp³-hybridized carbons (Fsp3) is 0.500. The number of para-hydroxylation sites is 1. The molecule has 1 aromatic rings. The van der Waals surface area contributed by atoms with Crippen LogP contribution in [0.4, 0.5) is 10.5 Å². The highest BCUT2D eigenvalue weighted by Crippen LogP contribution is 2.22. The smallest absolute Gasteiger partial charge is 0.319 e. The quantitative estimate of drug-likeness (QED) is 0.821. The van der Waals surface area contributed by atoms with Crippen molar-refractivity contribution in [1.29, 1.82) is 0 Å². The minimum absolute atomic E-state index is 0.127. The van der Waals surface area contributed by atoms with Crippen LogP contribution in [-0.4, -0.2) is 36.0 Å². The Kier molecular flexibility index (Phi) is 6.09. The summed E-state index contributed by atoms with van der Waals surface area (Å²) >= 11 is 0. The Labute approximate surface area is 149 Å². The fourth-order valence-corrected chi connectivity index (χ4v) is 3.52. The lowest BCUT2D eigenvalue weighted by molar-refractivity contribution is -0.131. The van der Waals surface area contributed by atoms with Crippen molar-refractivity contribution in [3.05, 3.63) is 42.0 Å². The molecule has 134 valence electrons. The molecule has 0 atom stereocenters. The average Bonchev–Trinajstić information content (AvgIpc) is 2.64. The molecule has 2 N–H and O–H groups in total. The fourth-order valence-electron chi connectivity index (χ4n) is 3.52. The Hall–Kier alpha value is -2.30. The number of piperidine rings is 1. The molecule has 3 rings (SSSR count). The number of amides is 3. The van der Waals surface area contributed by atoms with Gasteiger partial charge in [-0.05, 0) is 50.7 Å². The first-order valence-electron chi connectivity index (χ1n) is 9.29. The Morgan fingerprint density at radius 1 is 1.08 bits per heavy atom. The molecule has 1 saturated heterocycles. The van der Waals surface area contributed by atoms with E-state index in [9.17, 15) is 9.59 Å². The summed E-state index contributed by atoms with van der Waals surface area (Å²) in [4.78, 5) is 26.4. The first-order chi connectivity index (χ1) is 12.2. The predicted molar refractivity (Wildman–Crippen MR) is 99.4 cm³/mol. The monoisotopic (exact) mass is 341 g/mol. The summed E-state index contributed by atoms with van der Waals surface area (Å²) in [5.74, 6) is 0.236. The summed E-state index contributed by atoms with van der Waals surface area (Å²) in [6.07, 6.45) is 9.09. The zero-order valence-corrected chi connectivity index (χ0v) is 14.7. The van der Waals surface area contributed by atoms with Crippen molar-refractivity contribution in [2.75, 3.05) is 18.4 Å². The van der Waals surface area contributed by atoms with Gasteiger partial charge in [-0.2, -0.15) is 0 Å². The van der Waals surface area contributed by atoms with Crippen LogP contribution in [0.2, 0.25) is 0 Å². The van der Waals surface area contributed by atoms with Crippen molar-refractivity contribution < 1.29 is 9.59 Å². The molecule has 25 heavy (non-hydrogen) atoms. The standard InChI is InChI=1S/C20H27N3O2/c24-19(15-16-7-3-1-4-8-16)23-13-11-18(12-14-23)22-20(25)21-17-9-5-2-6-10-17/h2,5-7,9-10,18H,1,3-4,8,11-15H2,(H2,21,22,25). The molecule has 1 fully saturated rings. The number of carbonyl (C=O) groups excluding carboxylic acids is 2. The molecule has 3 amide bonds. The van der Waals surface area contributed by atoms with E-state index in [0.29, 0.717) is 6.42 Å². The molecule has 1 aliphatic heterocycles. The summed E-state index contributed by atoms with van der Waals surface area (Å²) in [6.45, 7) is 1.45. The summed E-state index contributed by atoms with van der Waals surface area (Å²) < 4.78 is 0. The number of rotatable bonds is 4. The normalized spacial score (nSPS) is 18.4. The Morgan fingerprint density at radius 3 is 2.52 bits per heavy atom. The van der Waals surface area contributed by atoms with Gasteiger partial charge in [-0.3, -0.25) is 4.79 Å². The summed E-state index contributed by atoms with van der Waals surface area (Å²) in [6, 6.07) is 9.37. The van der Waals surface area contributed by atoms with Crippen LogP contribution < -0.4 is 10.6 Å². The van der Waals surface area contributed by atoms with Crippen LogP contribution in [0.3, 0.4) is 0 Å². The Balaban J connectivity index is 1.40. The molecule has 5 heteroatoms. The van der Waals surface area contributed by atoms with Crippen LogP contribution in [0.25, 0.3) is 0 Å². The van der Waals surface area contributed by atoms with Crippen molar-refractivity contribution in [2.24, 2.45) is 0 Å². The average molecular weight is 341 g/mol. The van der Waals surface area contributed by atoms with E-state index < -0.39 is 0 Å². The van der Waals surface area contributed by atoms with Crippen molar-refractivity contribution in [3.8, 4) is 0 Å². The minimum Gasteiger partial charge on any atom is -0.342 e. The van der Waals surface area contributed by atoms with Crippen LogP contribution in [0.15, 0.2) is 42.0 Å². The van der Waals surface area contributed by atoms with Crippen molar-refractivity contribution in [1.82, 2.24) is 10.2 Å². The maximum Gasteiger partial charge on any atom is 0.319 e. The molecule has 0 unspecified atom stereocenters. The van der Waals surface area contributed by atoms with E-state index in [1.54, 1.807) is 0 Å². The Morgan fingerprint density at radius 2 is 1.84 bits per heavy atom. The first kappa shape index (κ1) is 17.5. The highest BCUT2D eigenvalue weighted by Gasteiger charge is 2.24. The van der Waals surface area contributed by atoms with Crippen LogP contribution in [0.5, 0.6) is 0 Å². The molecule has 2 aliphatic rings. The molecule has 0 aromatic heterocycles. The lowest BCUT2D eigenvalue weighted by Gasteiger charge is -2.32. The van der Waals surface area contributed by atoms with E-state index in [-0.39, 0.29) is 18.0 Å². The molecule has 0 spiro atoms. The third-order valence-electron chi connectivity index (χ3n) is 4.98. The number of urea groups is 1. The molecule has 5 nitrogen and oxygen atoms in total. The van der Waals surface area contributed by atoms with E-state index in [4.69, 9.17) is 0 Å². The maximum absolute atomic E-state index is 12.4. The summed E-state index contributed by atoms with van der Waals surface area (Å²) in [7, 11) is 0. The van der Waals surface area contributed by atoms with Gasteiger partial charge in [-0.1, -0.05) is 29.8 Å². The molecular formula is C20H27N3O2. The molecule has 1 aromatic carbocycles. The van der Waals surface area contributed by atoms with E-state index in [1.165, 1.54) is 18.4 Å². The topological polar surface area (TPSA) is 61.4 Å². The van der Waals surface area contributed by atoms with Gasteiger partial charge in [-0.15, -0.1) is 0 Å². The van der Waals surface area contributed by atoms with Crippen molar-refractivity contribution in [3.63, 3.8) is 0 Å². The van der Waals surface area contributed by atoms with E-state index in [1.807, 2.05) is 35.2 Å². The molecule has 0 bridgehead atoms. The van der Waals surface area contributed by atoms with Gasteiger partial charge in [0.2, 0.25) is 5.91 Å².